The fourth-order valence-electron chi connectivity index (χ4n) is 3.77. The molecule has 35 heavy (non-hydrogen) atoms. The van der Waals surface area contributed by atoms with Gasteiger partial charge in [-0.25, -0.2) is 4.79 Å². The van der Waals surface area contributed by atoms with Crippen LogP contribution in [0.5, 0.6) is 0 Å². The van der Waals surface area contributed by atoms with Crippen LogP contribution >= 0.6 is 0 Å². The molecule has 0 fully saturated rings. The lowest BCUT2D eigenvalue weighted by molar-refractivity contribution is -0.383. The largest absolute Gasteiger partial charge is 0.454 e. The van der Waals surface area contributed by atoms with E-state index in [1.54, 1.807) is 42.5 Å². The summed E-state index contributed by atoms with van der Waals surface area (Å²) in [4.78, 5) is 62.7. The zero-order chi connectivity index (χ0) is 24.9. The van der Waals surface area contributed by atoms with Crippen molar-refractivity contribution in [1.29, 1.82) is 0 Å². The average molecular weight is 473 g/mol. The Morgan fingerprint density at radius 1 is 0.886 bits per heavy atom. The molecule has 0 aliphatic carbocycles. The number of ether oxygens (including phenoxy) is 1. The minimum atomic E-state index is -1.32. The van der Waals surface area contributed by atoms with E-state index >= 15 is 0 Å². The minimum Gasteiger partial charge on any atom is -0.454 e. The summed E-state index contributed by atoms with van der Waals surface area (Å²) >= 11 is 0. The Morgan fingerprint density at radius 3 is 2.09 bits per heavy atom. The van der Waals surface area contributed by atoms with Crippen molar-refractivity contribution in [3.8, 4) is 0 Å². The summed E-state index contributed by atoms with van der Waals surface area (Å²) in [7, 11) is 0. The number of nitrogens with one attached hydrogen (secondary N) is 1. The van der Waals surface area contributed by atoms with E-state index in [9.17, 15) is 29.3 Å². The van der Waals surface area contributed by atoms with Crippen LogP contribution in [0.15, 0.2) is 78.9 Å². The normalized spacial score (nSPS) is 13.2. The molecule has 1 heterocycles. The van der Waals surface area contributed by atoms with Crippen LogP contribution < -0.4 is 5.32 Å². The topological polar surface area (TPSA) is 136 Å². The molecule has 1 aliphatic heterocycles. The standard InChI is InChI=1S/C25H19N3O7/c29-22(26-19-12-6-7-13-20(19)28(33)34)15-35-25(32)21(14-16-8-2-1-3-9-16)27-23(30)17-10-4-5-11-18(17)24(27)31/h1-13,21H,14-15H2,(H,26,29). The van der Waals surface area contributed by atoms with Gasteiger partial charge in [-0.05, 0) is 23.8 Å². The van der Waals surface area contributed by atoms with Gasteiger partial charge in [0.25, 0.3) is 23.4 Å². The number of nitro groups is 1. The summed E-state index contributed by atoms with van der Waals surface area (Å²) in [5.41, 5.74) is 0.658. The molecule has 1 N–H and O–H groups in total. The Balaban J connectivity index is 1.52. The summed E-state index contributed by atoms with van der Waals surface area (Å²) in [6.07, 6.45) is -0.0169. The second kappa shape index (κ2) is 9.96. The third-order valence-corrected chi connectivity index (χ3v) is 5.40. The van der Waals surface area contributed by atoms with Crippen molar-refractivity contribution in [1.82, 2.24) is 4.90 Å². The third-order valence-electron chi connectivity index (χ3n) is 5.40. The molecule has 0 aromatic heterocycles. The molecule has 1 aliphatic rings. The Morgan fingerprint density at radius 2 is 1.46 bits per heavy atom. The van der Waals surface area contributed by atoms with Crippen LogP contribution in [-0.2, 0) is 20.7 Å². The SMILES string of the molecule is O=C(COC(=O)C(Cc1ccccc1)N1C(=O)c2ccccc2C1=O)Nc1ccccc1[N+](=O)[O-]. The first-order chi connectivity index (χ1) is 16.9. The summed E-state index contributed by atoms with van der Waals surface area (Å²) in [5, 5.41) is 13.5. The van der Waals surface area contributed by atoms with Crippen LogP contribution in [0.3, 0.4) is 0 Å². The fourth-order valence-corrected chi connectivity index (χ4v) is 3.77. The Labute approximate surface area is 199 Å². The number of imide groups is 1. The van der Waals surface area contributed by atoms with Crippen molar-refractivity contribution in [2.24, 2.45) is 0 Å². The van der Waals surface area contributed by atoms with Crippen LogP contribution in [0.25, 0.3) is 0 Å². The first kappa shape index (κ1) is 23.3. The van der Waals surface area contributed by atoms with Gasteiger partial charge in [0.2, 0.25) is 0 Å². The van der Waals surface area contributed by atoms with Crippen molar-refractivity contribution in [3.05, 3.63) is 106 Å². The molecule has 10 nitrogen and oxygen atoms in total. The van der Waals surface area contributed by atoms with Gasteiger partial charge in [-0.15, -0.1) is 0 Å². The molecule has 0 radical (unpaired) electrons. The first-order valence-electron chi connectivity index (χ1n) is 10.6. The van der Waals surface area contributed by atoms with E-state index in [0.717, 1.165) is 4.90 Å². The number of hydrogen-bond donors (Lipinski definition) is 1. The van der Waals surface area contributed by atoms with Crippen LogP contribution in [0, 0.1) is 10.1 Å². The van der Waals surface area contributed by atoms with E-state index in [-0.39, 0.29) is 28.9 Å². The molecular weight excluding hydrogens is 454 g/mol. The molecule has 0 saturated heterocycles. The summed E-state index contributed by atoms with van der Waals surface area (Å²) in [6, 6.07) is 19.2. The van der Waals surface area contributed by atoms with Gasteiger partial charge in [-0.1, -0.05) is 54.6 Å². The maximum atomic E-state index is 13.1. The fraction of sp³-hybridized carbons (Fsp3) is 0.120. The minimum absolute atomic E-state index is 0.0169. The molecule has 176 valence electrons. The van der Waals surface area contributed by atoms with Gasteiger partial charge in [0, 0.05) is 12.5 Å². The summed E-state index contributed by atoms with van der Waals surface area (Å²) < 4.78 is 5.15. The van der Waals surface area contributed by atoms with Crippen molar-refractivity contribution < 1.29 is 28.8 Å². The number of para-hydroxylation sites is 2. The number of carbonyl (C=O) groups excluding carboxylic acids is 4. The van der Waals surface area contributed by atoms with Crippen molar-refractivity contribution >= 4 is 35.1 Å². The number of nitro benzene ring substituents is 1. The number of hydrogen-bond acceptors (Lipinski definition) is 7. The third kappa shape index (κ3) is 4.91. The lowest BCUT2D eigenvalue weighted by atomic mass is 10.0. The van der Waals surface area contributed by atoms with Gasteiger partial charge >= 0.3 is 5.97 Å². The predicted octanol–water partition coefficient (Wildman–Crippen LogP) is 2.98. The van der Waals surface area contributed by atoms with Gasteiger partial charge in [0.15, 0.2) is 6.61 Å². The molecule has 4 rings (SSSR count). The van der Waals surface area contributed by atoms with Gasteiger partial charge in [0.1, 0.15) is 11.7 Å². The van der Waals surface area contributed by atoms with Crippen LogP contribution in [0.4, 0.5) is 11.4 Å². The Kier molecular flexibility index (Phi) is 6.63. The highest BCUT2D eigenvalue weighted by atomic mass is 16.6. The number of benzene rings is 3. The number of fused-ring (bicyclic) bond motifs is 1. The monoisotopic (exact) mass is 473 g/mol. The van der Waals surface area contributed by atoms with Gasteiger partial charge < -0.3 is 10.1 Å². The van der Waals surface area contributed by atoms with Crippen LogP contribution in [0.1, 0.15) is 26.3 Å². The second-order valence-corrected chi connectivity index (χ2v) is 7.66. The molecule has 3 aromatic carbocycles. The van der Waals surface area contributed by atoms with Crippen LogP contribution in [-0.4, -0.2) is 46.2 Å². The Hall–Kier alpha value is -4.86. The number of esters is 1. The molecular formula is C25H19N3O7. The zero-order valence-corrected chi connectivity index (χ0v) is 18.2. The van der Waals surface area contributed by atoms with E-state index in [2.05, 4.69) is 5.32 Å². The van der Waals surface area contributed by atoms with E-state index in [0.29, 0.717) is 5.56 Å². The molecule has 0 spiro atoms. The lowest BCUT2D eigenvalue weighted by Crippen LogP contribution is -2.47. The van der Waals surface area contributed by atoms with E-state index in [1.807, 2.05) is 0 Å². The zero-order valence-electron chi connectivity index (χ0n) is 18.2. The quantitative estimate of drug-likeness (QED) is 0.230. The van der Waals surface area contributed by atoms with Crippen molar-refractivity contribution in [3.63, 3.8) is 0 Å². The molecule has 1 unspecified atom stereocenters. The maximum absolute atomic E-state index is 13.1. The molecule has 0 saturated carbocycles. The second-order valence-electron chi connectivity index (χ2n) is 7.66. The molecule has 1 atom stereocenters. The number of anilines is 1. The summed E-state index contributed by atoms with van der Waals surface area (Å²) in [5.74, 6) is -3.03. The number of amides is 3. The smallest absolute Gasteiger partial charge is 0.330 e. The number of carbonyl (C=O) groups is 4. The van der Waals surface area contributed by atoms with Gasteiger partial charge in [0.05, 0.1) is 16.1 Å². The first-order valence-corrected chi connectivity index (χ1v) is 10.6. The van der Waals surface area contributed by atoms with Crippen molar-refractivity contribution in [2.75, 3.05) is 11.9 Å². The van der Waals surface area contributed by atoms with Gasteiger partial charge in [-0.3, -0.25) is 29.4 Å². The molecule has 3 aromatic rings. The Bertz CT molecular complexity index is 1290. The lowest BCUT2D eigenvalue weighted by Gasteiger charge is -2.24. The van der Waals surface area contributed by atoms with E-state index in [4.69, 9.17) is 4.74 Å². The highest BCUT2D eigenvalue weighted by molar-refractivity contribution is 6.22. The van der Waals surface area contributed by atoms with E-state index < -0.39 is 41.3 Å². The average Bonchev–Trinajstić information content (AvgIpc) is 3.12. The van der Waals surface area contributed by atoms with Crippen molar-refractivity contribution in [2.45, 2.75) is 12.5 Å². The maximum Gasteiger partial charge on any atom is 0.330 e. The van der Waals surface area contributed by atoms with E-state index in [1.165, 1.54) is 36.4 Å². The predicted molar refractivity (Wildman–Crippen MR) is 124 cm³/mol. The van der Waals surface area contributed by atoms with Gasteiger partial charge in [-0.2, -0.15) is 0 Å². The number of rotatable bonds is 8. The highest BCUT2D eigenvalue weighted by Crippen LogP contribution is 2.27. The molecule has 3 amide bonds. The molecule has 0 bridgehead atoms. The van der Waals surface area contributed by atoms with Crippen LogP contribution in [0.2, 0.25) is 0 Å². The molecule has 10 heteroatoms. The number of nitrogens with zero attached hydrogens (tertiary/aromatic N) is 2. The summed E-state index contributed by atoms with van der Waals surface area (Å²) in [6.45, 7) is -0.765. The highest BCUT2D eigenvalue weighted by Gasteiger charge is 2.43.